The highest BCUT2D eigenvalue weighted by Gasteiger charge is 2.14. The molecule has 0 saturated carbocycles. The van der Waals surface area contributed by atoms with Crippen LogP contribution >= 0.6 is 0 Å². The van der Waals surface area contributed by atoms with E-state index in [1.54, 1.807) is 36.7 Å². The van der Waals surface area contributed by atoms with Gasteiger partial charge in [-0.15, -0.1) is 0 Å². The van der Waals surface area contributed by atoms with Gasteiger partial charge in [0, 0.05) is 11.4 Å². The minimum atomic E-state index is -0.723. The molecule has 6 nitrogen and oxygen atoms in total. The number of anilines is 2. The molecule has 2 amide bonds. The molecule has 3 aromatic rings. The normalized spacial score (nSPS) is 10.4. The lowest BCUT2D eigenvalue weighted by Gasteiger charge is -2.07. The van der Waals surface area contributed by atoms with E-state index in [0.717, 1.165) is 16.6 Å². The van der Waals surface area contributed by atoms with E-state index in [9.17, 15) is 9.59 Å². The number of hydrogen-bond acceptors (Lipinski definition) is 3. The van der Waals surface area contributed by atoms with Crippen molar-refractivity contribution in [3.8, 4) is 0 Å². The van der Waals surface area contributed by atoms with Gasteiger partial charge in [0.1, 0.15) is 0 Å². The average molecular weight is 294 g/mol. The van der Waals surface area contributed by atoms with Crippen LogP contribution in [0.3, 0.4) is 0 Å². The van der Waals surface area contributed by atoms with Crippen LogP contribution in [0.25, 0.3) is 11.0 Å². The lowest BCUT2D eigenvalue weighted by Crippen LogP contribution is -2.29. The fourth-order valence-corrected chi connectivity index (χ4v) is 2.03. The fraction of sp³-hybridized carbons (Fsp3) is 0.0625. The third-order valence-corrected chi connectivity index (χ3v) is 3.19. The Hall–Kier alpha value is -3.15. The second kappa shape index (κ2) is 5.69. The number of benzene rings is 2. The van der Waals surface area contributed by atoms with Crippen LogP contribution in [0.4, 0.5) is 11.4 Å². The molecule has 3 N–H and O–H groups in total. The third-order valence-electron chi connectivity index (χ3n) is 3.19. The van der Waals surface area contributed by atoms with Crippen LogP contribution in [0, 0.1) is 6.92 Å². The van der Waals surface area contributed by atoms with E-state index >= 15 is 0 Å². The van der Waals surface area contributed by atoms with Gasteiger partial charge < -0.3 is 15.6 Å². The zero-order valence-corrected chi connectivity index (χ0v) is 11.9. The molecule has 0 aliphatic carbocycles. The van der Waals surface area contributed by atoms with Crippen molar-refractivity contribution in [1.29, 1.82) is 0 Å². The Balaban J connectivity index is 1.67. The number of imidazole rings is 1. The van der Waals surface area contributed by atoms with E-state index < -0.39 is 11.8 Å². The van der Waals surface area contributed by atoms with Crippen molar-refractivity contribution in [1.82, 2.24) is 9.97 Å². The molecule has 0 aliphatic heterocycles. The summed E-state index contributed by atoms with van der Waals surface area (Å²) in [4.78, 5) is 30.8. The Morgan fingerprint density at radius 3 is 2.32 bits per heavy atom. The molecule has 0 fully saturated rings. The smallest absolute Gasteiger partial charge is 0.314 e. The van der Waals surface area contributed by atoms with Crippen LogP contribution in [0.1, 0.15) is 5.56 Å². The summed E-state index contributed by atoms with van der Waals surface area (Å²) in [6.45, 7) is 1.95. The second-order valence-electron chi connectivity index (χ2n) is 4.91. The molecule has 0 spiro atoms. The molecule has 22 heavy (non-hydrogen) atoms. The molecular weight excluding hydrogens is 280 g/mol. The minimum Gasteiger partial charge on any atom is -0.345 e. The lowest BCUT2D eigenvalue weighted by atomic mass is 10.2. The van der Waals surface area contributed by atoms with Gasteiger partial charge in [0.05, 0.1) is 17.4 Å². The molecular formula is C16H14N4O2. The van der Waals surface area contributed by atoms with Gasteiger partial charge in [-0.05, 0) is 37.3 Å². The van der Waals surface area contributed by atoms with Crippen LogP contribution in [0.2, 0.25) is 0 Å². The Morgan fingerprint density at radius 1 is 0.955 bits per heavy atom. The highest BCUT2D eigenvalue weighted by molar-refractivity contribution is 6.43. The predicted molar refractivity (Wildman–Crippen MR) is 84.5 cm³/mol. The highest BCUT2D eigenvalue weighted by Crippen LogP contribution is 2.15. The summed E-state index contributed by atoms with van der Waals surface area (Å²) in [5.74, 6) is -1.44. The van der Waals surface area contributed by atoms with E-state index in [4.69, 9.17) is 0 Å². The van der Waals surface area contributed by atoms with Crippen LogP contribution < -0.4 is 10.6 Å². The van der Waals surface area contributed by atoms with E-state index in [2.05, 4.69) is 20.6 Å². The van der Waals surface area contributed by atoms with Crippen molar-refractivity contribution in [2.24, 2.45) is 0 Å². The quantitative estimate of drug-likeness (QED) is 0.634. The lowest BCUT2D eigenvalue weighted by molar-refractivity contribution is -0.132. The summed E-state index contributed by atoms with van der Waals surface area (Å²) in [5.41, 5.74) is 3.77. The maximum atomic E-state index is 11.9. The van der Waals surface area contributed by atoms with Crippen LogP contribution in [0.5, 0.6) is 0 Å². The number of fused-ring (bicyclic) bond motifs is 1. The van der Waals surface area contributed by atoms with E-state index in [-0.39, 0.29) is 0 Å². The number of aromatic nitrogens is 2. The van der Waals surface area contributed by atoms with Gasteiger partial charge in [-0.1, -0.05) is 17.7 Å². The minimum absolute atomic E-state index is 0.529. The van der Waals surface area contributed by atoms with Crippen molar-refractivity contribution in [3.05, 3.63) is 54.4 Å². The Kier molecular flexibility index (Phi) is 3.57. The van der Waals surface area contributed by atoms with Crippen molar-refractivity contribution < 1.29 is 9.59 Å². The molecule has 1 aromatic heterocycles. The van der Waals surface area contributed by atoms with Gasteiger partial charge in [-0.3, -0.25) is 9.59 Å². The van der Waals surface area contributed by atoms with Crippen molar-refractivity contribution in [3.63, 3.8) is 0 Å². The number of aryl methyl sites for hydroxylation is 1. The Morgan fingerprint density at radius 2 is 1.59 bits per heavy atom. The summed E-state index contributed by atoms with van der Waals surface area (Å²) < 4.78 is 0. The summed E-state index contributed by atoms with van der Waals surface area (Å²) in [6.07, 6.45) is 1.57. The molecule has 110 valence electrons. The number of aromatic amines is 1. The molecule has 0 atom stereocenters. The molecule has 1 heterocycles. The first-order chi connectivity index (χ1) is 10.6. The number of hydrogen-bond donors (Lipinski definition) is 3. The fourth-order valence-electron chi connectivity index (χ4n) is 2.03. The van der Waals surface area contributed by atoms with Gasteiger partial charge in [0.25, 0.3) is 0 Å². The maximum absolute atomic E-state index is 11.9. The monoisotopic (exact) mass is 294 g/mol. The maximum Gasteiger partial charge on any atom is 0.314 e. The molecule has 0 aliphatic rings. The van der Waals surface area contributed by atoms with E-state index in [1.165, 1.54) is 0 Å². The van der Waals surface area contributed by atoms with Crippen molar-refractivity contribution >= 4 is 34.2 Å². The molecule has 2 aromatic carbocycles. The topological polar surface area (TPSA) is 86.9 Å². The molecule has 0 bridgehead atoms. The Labute approximate surface area is 126 Å². The molecule has 6 heteroatoms. The summed E-state index contributed by atoms with van der Waals surface area (Å²) in [5, 5.41) is 5.11. The standard InChI is InChI=1S/C16H14N4O2/c1-10-2-4-11(5-3-10)19-15(21)16(22)20-12-6-7-13-14(8-12)18-9-17-13/h2-9H,1H3,(H,17,18)(H,19,21)(H,20,22). The van der Waals surface area contributed by atoms with Crippen LogP contribution in [-0.2, 0) is 9.59 Å². The zero-order valence-electron chi connectivity index (χ0n) is 11.9. The van der Waals surface area contributed by atoms with Crippen molar-refractivity contribution in [2.45, 2.75) is 6.92 Å². The predicted octanol–water partition coefficient (Wildman–Crippen LogP) is 2.45. The van der Waals surface area contributed by atoms with Crippen LogP contribution in [0.15, 0.2) is 48.8 Å². The SMILES string of the molecule is Cc1ccc(NC(=O)C(=O)Nc2ccc3nc[nH]c3c2)cc1. The average Bonchev–Trinajstić information content (AvgIpc) is 2.97. The summed E-state index contributed by atoms with van der Waals surface area (Å²) >= 11 is 0. The first-order valence-corrected chi connectivity index (χ1v) is 6.74. The summed E-state index contributed by atoms with van der Waals surface area (Å²) in [6, 6.07) is 12.4. The molecule has 0 unspecified atom stereocenters. The molecule has 0 radical (unpaired) electrons. The molecule has 0 saturated heterocycles. The van der Waals surface area contributed by atoms with E-state index in [1.807, 2.05) is 19.1 Å². The van der Waals surface area contributed by atoms with Gasteiger partial charge in [-0.25, -0.2) is 4.98 Å². The first-order valence-electron chi connectivity index (χ1n) is 6.74. The summed E-state index contributed by atoms with van der Waals surface area (Å²) in [7, 11) is 0. The number of nitrogens with zero attached hydrogens (tertiary/aromatic N) is 1. The zero-order chi connectivity index (χ0) is 15.5. The van der Waals surface area contributed by atoms with Crippen molar-refractivity contribution in [2.75, 3.05) is 10.6 Å². The number of nitrogens with one attached hydrogen (secondary N) is 3. The van der Waals surface area contributed by atoms with Gasteiger partial charge in [-0.2, -0.15) is 0 Å². The van der Waals surface area contributed by atoms with E-state index in [0.29, 0.717) is 11.4 Å². The van der Waals surface area contributed by atoms with Gasteiger partial charge >= 0.3 is 11.8 Å². The number of carbonyl (C=O) groups is 2. The largest absolute Gasteiger partial charge is 0.345 e. The third kappa shape index (κ3) is 2.95. The van der Waals surface area contributed by atoms with Gasteiger partial charge in [0.15, 0.2) is 0 Å². The van der Waals surface area contributed by atoms with Gasteiger partial charge in [0.2, 0.25) is 0 Å². The second-order valence-corrected chi connectivity index (χ2v) is 4.91. The Bertz CT molecular complexity index is 837. The number of carbonyl (C=O) groups excluding carboxylic acids is 2. The number of rotatable bonds is 2. The van der Waals surface area contributed by atoms with Crippen LogP contribution in [-0.4, -0.2) is 21.8 Å². The number of amides is 2. The highest BCUT2D eigenvalue weighted by atomic mass is 16.2. The number of H-pyrrole nitrogens is 1. The first kappa shape index (κ1) is 13.8. The molecule has 3 rings (SSSR count).